The third kappa shape index (κ3) is 3.16. The van der Waals surface area contributed by atoms with E-state index in [0.717, 1.165) is 5.56 Å². The summed E-state index contributed by atoms with van der Waals surface area (Å²) in [5.41, 5.74) is 0.864. The van der Waals surface area contributed by atoms with Gasteiger partial charge in [-0.1, -0.05) is 6.07 Å². The van der Waals surface area contributed by atoms with E-state index in [2.05, 4.69) is 0 Å². The van der Waals surface area contributed by atoms with E-state index in [4.69, 9.17) is 14.2 Å². The van der Waals surface area contributed by atoms with Crippen LogP contribution in [0.15, 0.2) is 18.2 Å². The maximum absolute atomic E-state index is 10.6. The highest BCUT2D eigenvalue weighted by Crippen LogP contribution is 2.27. The average Bonchev–Trinajstić information content (AvgIpc) is 2.25. The number of hydrogen-bond acceptors (Lipinski definition) is 4. The topological polar surface area (TPSA) is 44.8 Å². The smallest absolute Gasteiger partial charge is 0.302 e. The maximum Gasteiger partial charge on any atom is 0.302 e. The lowest BCUT2D eigenvalue weighted by Gasteiger charge is -2.09. The van der Waals surface area contributed by atoms with Gasteiger partial charge in [-0.25, -0.2) is 0 Å². The van der Waals surface area contributed by atoms with Crippen molar-refractivity contribution in [3.05, 3.63) is 23.8 Å². The normalized spacial score (nSPS) is 9.53. The Bertz CT molecular complexity index is 346. The second-order valence-electron chi connectivity index (χ2n) is 2.97. The Balaban J connectivity index is 2.78. The van der Waals surface area contributed by atoms with Crippen LogP contribution in [0.5, 0.6) is 11.5 Å². The first kappa shape index (κ1) is 11.4. The molecule has 0 unspecified atom stereocenters. The van der Waals surface area contributed by atoms with E-state index in [1.165, 1.54) is 6.92 Å². The first-order valence-electron chi connectivity index (χ1n) is 4.51. The number of methoxy groups -OCH3 is 2. The van der Waals surface area contributed by atoms with E-state index < -0.39 is 0 Å². The van der Waals surface area contributed by atoms with Crippen LogP contribution in [0.2, 0.25) is 0 Å². The van der Waals surface area contributed by atoms with Crippen LogP contribution in [-0.4, -0.2) is 20.2 Å². The molecule has 0 radical (unpaired) electrons. The lowest BCUT2D eigenvalue weighted by molar-refractivity contribution is -0.142. The Morgan fingerprint density at radius 3 is 2.40 bits per heavy atom. The van der Waals surface area contributed by atoms with Crippen LogP contribution >= 0.6 is 0 Å². The van der Waals surface area contributed by atoms with Crippen LogP contribution in [0.1, 0.15) is 12.5 Å². The molecule has 0 heterocycles. The van der Waals surface area contributed by atoms with Gasteiger partial charge in [0, 0.05) is 6.92 Å². The molecule has 82 valence electrons. The summed E-state index contributed by atoms with van der Waals surface area (Å²) < 4.78 is 15.1. The summed E-state index contributed by atoms with van der Waals surface area (Å²) in [6.45, 7) is 1.62. The number of esters is 1. The molecule has 0 aliphatic heterocycles. The highest BCUT2D eigenvalue weighted by atomic mass is 16.6. The van der Waals surface area contributed by atoms with Gasteiger partial charge in [0.2, 0.25) is 0 Å². The van der Waals surface area contributed by atoms with Gasteiger partial charge in [0.1, 0.15) is 6.61 Å². The molecule has 1 aromatic carbocycles. The second kappa shape index (κ2) is 5.24. The summed E-state index contributed by atoms with van der Waals surface area (Å²) in [7, 11) is 3.14. The number of hydrogen-bond donors (Lipinski definition) is 0. The lowest BCUT2D eigenvalue weighted by Crippen LogP contribution is -1.99. The Morgan fingerprint density at radius 2 is 1.87 bits per heavy atom. The predicted molar refractivity (Wildman–Crippen MR) is 55.0 cm³/mol. The molecule has 0 aliphatic rings. The van der Waals surface area contributed by atoms with E-state index >= 15 is 0 Å². The molecule has 0 N–H and O–H groups in total. The summed E-state index contributed by atoms with van der Waals surface area (Å²) in [5.74, 6) is 0.982. The van der Waals surface area contributed by atoms with Gasteiger partial charge >= 0.3 is 5.97 Å². The molecule has 4 nitrogen and oxygen atoms in total. The molecule has 0 aromatic heterocycles. The minimum Gasteiger partial charge on any atom is -0.493 e. The number of benzene rings is 1. The first-order chi connectivity index (χ1) is 7.17. The Labute approximate surface area is 88.8 Å². The fraction of sp³-hybridized carbons (Fsp3) is 0.364. The van der Waals surface area contributed by atoms with Crippen molar-refractivity contribution < 1.29 is 19.0 Å². The zero-order valence-corrected chi connectivity index (χ0v) is 9.07. The van der Waals surface area contributed by atoms with Gasteiger partial charge in [-0.15, -0.1) is 0 Å². The number of carbonyl (C=O) groups excluding carboxylic acids is 1. The van der Waals surface area contributed by atoms with Crippen molar-refractivity contribution in [2.24, 2.45) is 0 Å². The molecular formula is C11H14O4. The molecule has 0 bridgehead atoms. The van der Waals surface area contributed by atoms with Gasteiger partial charge in [0.25, 0.3) is 0 Å². The monoisotopic (exact) mass is 217 g/mol. The molecule has 0 saturated carbocycles. The maximum atomic E-state index is 10.6. The molecular weight excluding hydrogens is 203 g/mol. The van der Waals surface area contributed by atoms with Crippen LogP contribution in [0.4, 0.5) is 0 Å². The lowest BCUT2D eigenvalue weighted by atomic mass is 10.8. The van der Waals surface area contributed by atoms with E-state index in [1.54, 1.807) is 26.4 Å². The molecule has 1 aromatic rings. The summed E-state index contributed by atoms with van der Waals surface area (Å²) >= 11 is 0. The molecule has 4 heteroatoms. The Hall–Kier alpha value is -1.71. The van der Waals surface area contributed by atoms with Crippen molar-refractivity contribution in [2.45, 2.75) is 13.5 Å². The third-order valence-corrected chi connectivity index (χ3v) is 1.89. The number of carbonyl (C=O) groups is 1. The van der Waals surface area contributed by atoms with Crippen molar-refractivity contribution in [2.75, 3.05) is 14.2 Å². The predicted octanol–water partition coefficient (Wildman–Crippen LogP) is 1.77. The third-order valence-electron chi connectivity index (χ3n) is 1.89. The van der Waals surface area contributed by atoms with Gasteiger partial charge in [0.15, 0.2) is 11.5 Å². The van der Waals surface area contributed by atoms with Crippen LogP contribution in [0.3, 0.4) is 0 Å². The SMILES string of the molecule is CO[13c]1[13cH][13cH][13c]([13CH2]OC(C)=O)[13cH][13c]1OC. The first-order valence-corrected chi connectivity index (χ1v) is 4.51. The summed E-state index contributed by atoms with van der Waals surface area (Å²) in [6, 6.07) is 5.38. The zero-order chi connectivity index (χ0) is 11.3. The standard InChI is InChI=1S/C11H14O4/c1-8(12)15-7-9-4-5-10(13-2)11(6-9)14-3/h4-6H,7H2,1-3H3/i4+1,5+1,6+1,7+1,9+1,10+1,11+1. The highest BCUT2D eigenvalue weighted by molar-refractivity contribution is 5.65. The quantitative estimate of drug-likeness (QED) is 0.569. The van der Waals surface area contributed by atoms with Crippen molar-refractivity contribution in [1.82, 2.24) is 0 Å². The molecule has 0 spiro atoms. The van der Waals surface area contributed by atoms with Gasteiger partial charge in [-0.05, 0) is 17.7 Å². The molecule has 0 aliphatic carbocycles. The van der Waals surface area contributed by atoms with E-state index in [1.807, 2.05) is 6.07 Å². The average molecular weight is 217 g/mol. The van der Waals surface area contributed by atoms with Crippen LogP contribution < -0.4 is 9.47 Å². The van der Waals surface area contributed by atoms with Gasteiger partial charge in [-0.2, -0.15) is 0 Å². The van der Waals surface area contributed by atoms with Crippen molar-refractivity contribution in [1.29, 1.82) is 0 Å². The van der Waals surface area contributed by atoms with Gasteiger partial charge in [0.05, 0.1) is 14.2 Å². The van der Waals surface area contributed by atoms with Gasteiger partial charge in [-0.3, -0.25) is 4.79 Å². The van der Waals surface area contributed by atoms with E-state index in [0.29, 0.717) is 11.5 Å². The molecule has 1 rings (SSSR count). The summed E-state index contributed by atoms with van der Waals surface area (Å²) in [5, 5.41) is 0. The van der Waals surface area contributed by atoms with Crippen LogP contribution in [0.25, 0.3) is 0 Å². The second-order valence-corrected chi connectivity index (χ2v) is 2.97. The summed E-state index contributed by atoms with van der Waals surface area (Å²) in [6.07, 6.45) is 0. The molecule has 0 atom stereocenters. The largest absolute Gasteiger partial charge is 0.493 e. The fourth-order valence-electron chi connectivity index (χ4n) is 1.16. The minimum absolute atomic E-state index is 0.246. The molecule has 0 fully saturated rings. The Morgan fingerprint density at radius 1 is 1.20 bits per heavy atom. The molecule has 15 heavy (non-hydrogen) atoms. The minimum atomic E-state index is -0.301. The van der Waals surface area contributed by atoms with Gasteiger partial charge < -0.3 is 14.2 Å². The van der Waals surface area contributed by atoms with Crippen molar-refractivity contribution in [3.63, 3.8) is 0 Å². The fourth-order valence-corrected chi connectivity index (χ4v) is 1.16. The van der Waals surface area contributed by atoms with E-state index in [9.17, 15) is 4.79 Å². The van der Waals surface area contributed by atoms with E-state index in [-0.39, 0.29) is 12.6 Å². The highest BCUT2D eigenvalue weighted by Gasteiger charge is 2.05. The van der Waals surface area contributed by atoms with Crippen LogP contribution in [-0.2, 0) is 16.1 Å². The zero-order valence-electron chi connectivity index (χ0n) is 9.07. The molecule has 0 amide bonds. The molecule has 0 saturated heterocycles. The van der Waals surface area contributed by atoms with Crippen molar-refractivity contribution in [3.8, 4) is 11.5 Å². The number of rotatable bonds is 4. The summed E-state index contributed by atoms with van der Waals surface area (Å²) in [4.78, 5) is 10.6. The number of ether oxygens (including phenoxy) is 3. The van der Waals surface area contributed by atoms with Crippen molar-refractivity contribution >= 4 is 5.97 Å². The Kier molecular flexibility index (Phi) is 3.97. The van der Waals surface area contributed by atoms with Crippen LogP contribution in [0, 0.1) is 0 Å².